The van der Waals surface area contributed by atoms with E-state index in [4.69, 9.17) is 20.4 Å². The normalized spacial score (nSPS) is 10.8. The average molecular weight is 364 g/mol. The highest BCUT2D eigenvalue weighted by molar-refractivity contribution is 7.99. The van der Waals surface area contributed by atoms with Gasteiger partial charge in [-0.15, -0.1) is 10.2 Å². The molecule has 24 heavy (non-hydrogen) atoms. The van der Waals surface area contributed by atoms with Crippen molar-refractivity contribution in [3.63, 3.8) is 0 Å². The molecule has 1 aromatic carbocycles. The number of hydrogen-bond acceptors (Lipinski definition) is 6. The van der Waals surface area contributed by atoms with Gasteiger partial charge in [0.15, 0.2) is 5.76 Å². The molecule has 2 aromatic heterocycles. The molecule has 0 aliphatic rings. The second-order valence-electron chi connectivity index (χ2n) is 5.13. The maximum Gasteiger partial charge on any atom is 0.284 e. The lowest BCUT2D eigenvalue weighted by molar-refractivity contribution is -0.113. The van der Waals surface area contributed by atoms with Crippen LogP contribution in [0.2, 0.25) is 5.02 Å². The fourth-order valence-corrected chi connectivity index (χ4v) is 3.08. The van der Waals surface area contributed by atoms with Gasteiger partial charge in [0, 0.05) is 0 Å². The summed E-state index contributed by atoms with van der Waals surface area (Å²) in [6, 6.07) is 7.22. The van der Waals surface area contributed by atoms with Gasteiger partial charge in [0.1, 0.15) is 0 Å². The van der Waals surface area contributed by atoms with Crippen LogP contribution in [-0.4, -0.2) is 21.9 Å². The molecule has 2 heterocycles. The van der Waals surface area contributed by atoms with Gasteiger partial charge >= 0.3 is 0 Å². The number of anilines is 1. The summed E-state index contributed by atoms with van der Waals surface area (Å²) in [6.07, 6.45) is 1.52. The SMILES string of the molecule is Cc1cc(C)c(NC(=O)CSc2nnc(-c3ccco3)o2)c(Cl)c1. The quantitative estimate of drug-likeness (QED) is 0.679. The van der Waals surface area contributed by atoms with Crippen LogP contribution >= 0.6 is 23.4 Å². The Labute approximate surface area is 147 Å². The molecule has 0 aliphatic heterocycles. The first-order valence-electron chi connectivity index (χ1n) is 7.09. The lowest BCUT2D eigenvalue weighted by atomic mass is 10.1. The molecule has 1 N–H and O–H groups in total. The number of thioether (sulfide) groups is 1. The van der Waals surface area contributed by atoms with Crippen molar-refractivity contribution in [2.24, 2.45) is 0 Å². The van der Waals surface area contributed by atoms with Crippen LogP contribution in [-0.2, 0) is 4.79 Å². The van der Waals surface area contributed by atoms with Crippen molar-refractivity contribution in [2.45, 2.75) is 19.1 Å². The second kappa shape index (κ2) is 7.11. The van der Waals surface area contributed by atoms with Gasteiger partial charge in [-0.3, -0.25) is 4.79 Å². The van der Waals surface area contributed by atoms with E-state index < -0.39 is 0 Å². The molecule has 0 spiro atoms. The Morgan fingerprint density at radius 1 is 1.33 bits per heavy atom. The smallest absolute Gasteiger partial charge is 0.284 e. The van der Waals surface area contributed by atoms with Crippen molar-refractivity contribution >= 4 is 35.0 Å². The molecule has 0 bridgehead atoms. The van der Waals surface area contributed by atoms with E-state index in [1.54, 1.807) is 12.1 Å². The first-order valence-corrected chi connectivity index (χ1v) is 8.46. The molecular formula is C16H14ClN3O3S. The predicted octanol–water partition coefficient (Wildman–Crippen LogP) is 4.33. The second-order valence-corrected chi connectivity index (χ2v) is 6.46. The number of benzene rings is 1. The molecular weight excluding hydrogens is 350 g/mol. The van der Waals surface area contributed by atoms with Crippen LogP contribution in [0.5, 0.6) is 0 Å². The van der Waals surface area contributed by atoms with Crippen molar-refractivity contribution < 1.29 is 13.6 Å². The summed E-state index contributed by atoms with van der Waals surface area (Å²) in [4.78, 5) is 12.1. The predicted molar refractivity (Wildman–Crippen MR) is 92.3 cm³/mol. The topological polar surface area (TPSA) is 81.2 Å². The number of carbonyl (C=O) groups excluding carboxylic acids is 1. The van der Waals surface area contributed by atoms with Crippen molar-refractivity contribution in [1.29, 1.82) is 0 Å². The Morgan fingerprint density at radius 3 is 2.88 bits per heavy atom. The Balaban J connectivity index is 1.60. The molecule has 0 saturated carbocycles. The minimum Gasteiger partial charge on any atom is -0.459 e. The number of nitrogens with one attached hydrogen (secondary N) is 1. The number of rotatable bonds is 5. The van der Waals surface area contributed by atoms with Crippen LogP contribution in [0.1, 0.15) is 11.1 Å². The lowest BCUT2D eigenvalue weighted by Crippen LogP contribution is -2.15. The molecule has 0 atom stereocenters. The number of hydrogen-bond donors (Lipinski definition) is 1. The monoisotopic (exact) mass is 363 g/mol. The van der Waals surface area contributed by atoms with Gasteiger partial charge in [-0.05, 0) is 43.2 Å². The molecule has 0 fully saturated rings. The number of carbonyl (C=O) groups is 1. The van der Waals surface area contributed by atoms with Gasteiger partial charge < -0.3 is 14.2 Å². The number of aromatic nitrogens is 2. The van der Waals surface area contributed by atoms with Crippen LogP contribution in [0.4, 0.5) is 5.69 Å². The zero-order valence-corrected chi connectivity index (χ0v) is 14.6. The summed E-state index contributed by atoms with van der Waals surface area (Å²) < 4.78 is 10.6. The van der Waals surface area contributed by atoms with Gasteiger partial charge in [0.25, 0.3) is 11.1 Å². The van der Waals surface area contributed by atoms with Gasteiger partial charge in [0.2, 0.25) is 5.91 Å². The van der Waals surface area contributed by atoms with Crippen LogP contribution in [0, 0.1) is 13.8 Å². The van der Waals surface area contributed by atoms with Crippen LogP contribution in [0.25, 0.3) is 11.7 Å². The summed E-state index contributed by atoms with van der Waals surface area (Å²) in [5, 5.41) is 11.4. The summed E-state index contributed by atoms with van der Waals surface area (Å²) in [5.41, 5.74) is 2.58. The zero-order valence-electron chi connectivity index (χ0n) is 13.0. The Hall–Kier alpha value is -2.25. The highest BCUT2D eigenvalue weighted by atomic mass is 35.5. The lowest BCUT2D eigenvalue weighted by Gasteiger charge is -2.10. The van der Waals surface area contributed by atoms with Crippen molar-refractivity contribution in [3.05, 3.63) is 46.7 Å². The molecule has 6 nitrogen and oxygen atoms in total. The minimum atomic E-state index is -0.202. The largest absolute Gasteiger partial charge is 0.459 e. The van der Waals surface area contributed by atoms with E-state index in [-0.39, 0.29) is 17.6 Å². The Morgan fingerprint density at radius 2 is 2.17 bits per heavy atom. The van der Waals surface area contributed by atoms with E-state index in [1.165, 1.54) is 6.26 Å². The van der Waals surface area contributed by atoms with Crippen LogP contribution < -0.4 is 5.32 Å². The first-order chi connectivity index (χ1) is 11.5. The van der Waals surface area contributed by atoms with Gasteiger partial charge in [-0.25, -0.2) is 0 Å². The van der Waals surface area contributed by atoms with E-state index in [2.05, 4.69) is 15.5 Å². The third-order valence-electron chi connectivity index (χ3n) is 3.16. The maximum absolute atomic E-state index is 12.1. The van der Waals surface area contributed by atoms with Gasteiger partial charge in [-0.2, -0.15) is 0 Å². The first kappa shape index (κ1) is 16.6. The molecule has 3 rings (SSSR count). The van der Waals surface area contributed by atoms with Crippen molar-refractivity contribution in [3.8, 4) is 11.7 Å². The number of halogens is 1. The van der Waals surface area contributed by atoms with E-state index >= 15 is 0 Å². The number of aryl methyl sites for hydroxylation is 2. The van der Waals surface area contributed by atoms with Crippen LogP contribution in [0.3, 0.4) is 0 Å². The molecule has 3 aromatic rings. The summed E-state index contributed by atoms with van der Waals surface area (Å²) in [6.45, 7) is 3.85. The molecule has 0 radical (unpaired) electrons. The van der Waals surface area contributed by atoms with Crippen LogP contribution in [0.15, 0.2) is 44.6 Å². The minimum absolute atomic E-state index is 0.128. The fraction of sp³-hybridized carbons (Fsp3) is 0.188. The molecule has 124 valence electrons. The summed E-state index contributed by atoms with van der Waals surface area (Å²) in [5.74, 6) is 0.691. The highest BCUT2D eigenvalue weighted by Gasteiger charge is 2.14. The Kier molecular flexibility index (Phi) is 4.92. The third kappa shape index (κ3) is 3.80. The molecule has 1 amide bonds. The van der Waals surface area contributed by atoms with E-state index in [0.717, 1.165) is 22.9 Å². The number of furan rings is 1. The van der Waals surface area contributed by atoms with E-state index in [0.29, 0.717) is 21.7 Å². The van der Waals surface area contributed by atoms with Gasteiger partial charge in [-0.1, -0.05) is 29.4 Å². The molecule has 0 unspecified atom stereocenters. The van der Waals surface area contributed by atoms with E-state index in [9.17, 15) is 4.79 Å². The standard InChI is InChI=1S/C16H14ClN3O3S/c1-9-6-10(2)14(11(17)7-9)18-13(21)8-24-16-20-19-15(23-16)12-4-3-5-22-12/h3-7H,8H2,1-2H3,(H,18,21). The van der Waals surface area contributed by atoms with E-state index in [1.807, 2.05) is 26.0 Å². The summed E-state index contributed by atoms with van der Waals surface area (Å²) in [7, 11) is 0. The molecule has 8 heteroatoms. The zero-order chi connectivity index (χ0) is 17.1. The Bertz CT molecular complexity index is 838. The third-order valence-corrected chi connectivity index (χ3v) is 4.28. The summed E-state index contributed by atoms with van der Waals surface area (Å²) >= 11 is 7.33. The molecule has 0 saturated heterocycles. The highest BCUT2D eigenvalue weighted by Crippen LogP contribution is 2.28. The van der Waals surface area contributed by atoms with Crippen molar-refractivity contribution in [1.82, 2.24) is 10.2 Å². The molecule has 0 aliphatic carbocycles. The fourth-order valence-electron chi connectivity index (χ4n) is 2.14. The maximum atomic E-state index is 12.1. The number of nitrogens with zero attached hydrogens (tertiary/aromatic N) is 2. The van der Waals surface area contributed by atoms with Crippen molar-refractivity contribution in [2.75, 3.05) is 11.1 Å². The number of amides is 1. The average Bonchev–Trinajstić information content (AvgIpc) is 3.19. The van der Waals surface area contributed by atoms with Gasteiger partial charge in [0.05, 0.1) is 22.7 Å².